The van der Waals surface area contributed by atoms with E-state index in [-0.39, 0.29) is 22.9 Å². The van der Waals surface area contributed by atoms with E-state index in [0.29, 0.717) is 6.07 Å². The van der Waals surface area contributed by atoms with Gasteiger partial charge in [-0.3, -0.25) is 9.59 Å². The average Bonchev–Trinajstić information content (AvgIpc) is 2.43. The quantitative estimate of drug-likeness (QED) is 0.766. The van der Waals surface area contributed by atoms with Gasteiger partial charge in [0.1, 0.15) is 15.9 Å². The molecule has 6 nitrogen and oxygen atoms in total. The minimum Gasteiger partial charge on any atom is -0.345 e. The maximum Gasteiger partial charge on any atom is 0.416 e. The summed E-state index contributed by atoms with van der Waals surface area (Å²) < 4.78 is 60.7. The first-order valence-electron chi connectivity index (χ1n) is 6.92. The molecule has 1 atom stereocenters. The van der Waals surface area contributed by atoms with Crippen molar-refractivity contribution in [2.75, 3.05) is 17.3 Å². The molecule has 0 saturated heterocycles. The SMILES string of the molecule is CC(=O)NC(CCS(C)(=O)=O)C(=O)Nc1cc(C(F)(F)F)ccc1Cl. The zero-order valence-corrected chi connectivity index (χ0v) is 14.8. The lowest BCUT2D eigenvalue weighted by molar-refractivity contribution is -0.137. The number of nitrogens with one attached hydrogen (secondary N) is 2. The van der Waals surface area contributed by atoms with Crippen molar-refractivity contribution in [2.45, 2.75) is 25.6 Å². The monoisotopic (exact) mass is 400 g/mol. The Kier molecular flexibility index (Phi) is 6.83. The van der Waals surface area contributed by atoms with E-state index >= 15 is 0 Å². The first-order chi connectivity index (χ1) is 11.3. The second kappa shape index (κ2) is 8.05. The van der Waals surface area contributed by atoms with Crippen molar-refractivity contribution in [3.05, 3.63) is 28.8 Å². The van der Waals surface area contributed by atoms with Gasteiger partial charge in [0.25, 0.3) is 0 Å². The van der Waals surface area contributed by atoms with Crippen molar-refractivity contribution in [2.24, 2.45) is 0 Å². The number of alkyl halides is 3. The zero-order valence-electron chi connectivity index (χ0n) is 13.3. The van der Waals surface area contributed by atoms with Gasteiger partial charge in [0.2, 0.25) is 11.8 Å². The molecule has 0 aliphatic heterocycles. The molecule has 0 radical (unpaired) electrons. The molecule has 140 valence electrons. The van der Waals surface area contributed by atoms with Crippen molar-refractivity contribution in [3.8, 4) is 0 Å². The smallest absolute Gasteiger partial charge is 0.345 e. The molecule has 0 spiro atoms. The van der Waals surface area contributed by atoms with Crippen LogP contribution in [-0.4, -0.2) is 38.3 Å². The van der Waals surface area contributed by atoms with Crippen LogP contribution in [0.5, 0.6) is 0 Å². The van der Waals surface area contributed by atoms with E-state index in [1.807, 2.05) is 0 Å². The second-order valence-electron chi connectivity index (χ2n) is 5.35. The number of hydrogen-bond donors (Lipinski definition) is 2. The van der Waals surface area contributed by atoms with Gasteiger partial charge in [-0.15, -0.1) is 0 Å². The summed E-state index contributed by atoms with van der Waals surface area (Å²) >= 11 is 5.79. The molecule has 0 aromatic heterocycles. The van der Waals surface area contributed by atoms with E-state index in [9.17, 15) is 31.2 Å². The molecule has 1 aromatic rings. The van der Waals surface area contributed by atoms with E-state index in [4.69, 9.17) is 11.6 Å². The number of halogens is 4. The number of hydrogen-bond acceptors (Lipinski definition) is 4. The van der Waals surface area contributed by atoms with Gasteiger partial charge < -0.3 is 10.6 Å². The van der Waals surface area contributed by atoms with E-state index in [1.54, 1.807) is 0 Å². The predicted molar refractivity (Wildman–Crippen MR) is 87.0 cm³/mol. The number of anilines is 1. The van der Waals surface area contributed by atoms with Gasteiger partial charge in [-0.05, 0) is 24.6 Å². The molecule has 25 heavy (non-hydrogen) atoms. The Bertz CT molecular complexity index is 766. The average molecular weight is 401 g/mol. The summed E-state index contributed by atoms with van der Waals surface area (Å²) in [4.78, 5) is 23.4. The Morgan fingerprint density at radius 3 is 2.36 bits per heavy atom. The number of rotatable bonds is 6. The Balaban J connectivity index is 3.01. The molecule has 1 aromatic carbocycles. The highest BCUT2D eigenvalue weighted by atomic mass is 35.5. The molecule has 2 amide bonds. The fourth-order valence-corrected chi connectivity index (χ4v) is 2.69. The molecule has 0 heterocycles. The minimum absolute atomic E-state index is 0.133. The molecule has 11 heteroatoms. The van der Waals surface area contributed by atoms with Gasteiger partial charge in [-0.1, -0.05) is 11.6 Å². The van der Waals surface area contributed by atoms with Crippen molar-refractivity contribution < 1.29 is 31.2 Å². The largest absolute Gasteiger partial charge is 0.416 e. The molecule has 2 N–H and O–H groups in total. The molecule has 0 saturated carbocycles. The Hall–Kier alpha value is -1.81. The summed E-state index contributed by atoms with van der Waals surface area (Å²) in [6.07, 6.45) is -3.91. The van der Waals surface area contributed by atoms with Gasteiger partial charge in [-0.2, -0.15) is 13.2 Å². The molecular weight excluding hydrogens is 385 g/mol. The summed E-state index contributed by atoms with van der Waals surface area (Å²) in [5, 5.41) is 4.31. The number of amides is 2. The van der Waals surface area contributed by atoms with Crippen LogP contribution in [-0.2, 0) is 25.6 Å². The summed E-state index contributed by atoms with van der Waals surface area (Å²) in [6, 6.07) is 1.15. The Morgan fingerprint density at radius 2 is 1.88 bits per heavy atom. The Labute approximate surface area is 147 Å². The molecular formula is C14H16ClF3N2O4S. The molecule has 1 rings (SSSR count). The van der Waals surface area contributed by atoms with Gasteiger partial charge in [0, 0.05) is 13.2 Å². The van der Waals surface area contributed by atoms with Crippen LogP contribution in [0.1, 0.15) is 18.9 Å². The van der Waals surface area contributed by atoms with Crippen LogP contribution in [0.2, 0.25) is 5.02 Å². The van der Waals surface area contributed by atoms with Crippen molar-refractivity contribution >= 4 is 38.9 Å². The van der Waals surface area contributed by atoms with Crippen LogP contribution in [0.25, 0.3) is 0 Å². The highest BCUT2D eigenvalue weighted by molar-refractivity contribution is 7.90. The van der Waals surface area contributed by atoms with Crippen molar-refractivity contribution in [1.82, 2.24) is 5.32 Å². The third-order valence-corrected chi connectivity index (χ3v) is 4.33. The number of benzene rings is 1. The lowest BCUT2D eigenvalue weighted by atomic mass is 10.1. The summed E-state index contributed by atoms with van der Waals surface area (Å²) in [7, 11) is -3.40. The van der Waals surface area contributed by atoms with Crippen LogP contribution in [0, 0.1) is 0 Å². The fraction of sp³-hybridized carbons (Fsp3) is 0.429. The number of carbonyl (C=O) groups is 2. The van der Waals surface area contributed by atoms with Gasteiger partial charge >= 0.3 is 6.18 Å². The van der Waals surface area contributed by atoms with E-state index in [2.05, 4.69) is 10.6 Å². The van der Waals surface area contributed by atoms with Crippen molar-refractivity contribution in [3.63, 3.8) is 0 Å². The Morgan fingerprint density at radius 1 is 1.28 bits per heavy atom. The van der Waals surface area contributed by atoms with Gasteiger partial charge in [-0.25, -0.2) is 8.42 Å². The second-order valence-corrected chi connectivity index (χ2v) is 8.02. The lowest BCUT2D eigenvalue weighted by Gasteiger charge is -2.18. The fourth-order valence-electron chi connectivity index (χ4n) is 1.86. The third-order valence-electron chi connectivity index (χ3n) is 3.02. The topological polar surface area (TPSA) is 92.3 Å². The van der Waals surface area contributed by atoms with Crippen LogP contribution in [0.15, 0.2) is 18.2 Å². The standard InChI is InChI=1S/C14H16ClF3N2O4S/c1-8(21)19-11(5-6-25(2,23)24)13(22)20-12-7-9(14(16,17)18)3-4-10(12)15/h3-4,7,11H,5-6H2,1-2H3,(H,19,21)(H,20,22). The molecule has 1 unspecified atom stereocenters. The zero-order chi connectivity index (χ0) is 19.4. The number of sulfone groups is 1. The molecule has 0 fully saturated rings. The van der Waals surface area contributed by atoms with Gasteiger partial charge in [0.05, 0.1) is 22.0 Å². The third kappa shape index (κ3) is 7.30. The van der Waals surface area contributed by atoms with Crippen LogP contribution < -0.4 is 10.6 Å². The molecule has 0 bridgehead atoms. The first-order valence-corrected chi connectivity index (χ1v) is 9.36. The van der Waals surface area contributed by atoms with E-state index in [1.165, 1.54) is 0 Å². The summed E-state index contributed by atoms with van der Waals surface area (Å²) in [5.74, 6) is -1.86. The normalized spacial score (nSPS) is 13.2. The van der Waals surface area contributed by atoms with E-state index < -0.39 is 39.4 Å². The highest BCUT2D eigenvalue weighted by Gasteiger charge is 2.31. The predicted octanol–water partition coefficient (Wildman–Crippen LogP) is 2.24. The number of carbonyl (C=O) groups excluding carboxylic acids is 2. The van der Waals surface area contributed by atoms with Gasteiger partial charge in [0.15, 0.2) is 0 Å². The lowest BCUT2D eigenvalue weighted by Crippen LogP contribution is -2.44. The first kappa shape index (κ1) is 21.2. The van der Waals surface area contributed by atoms with Crippen LogP contribution in [0.4, 0.5) is 18.9 Å². The molecule has 0 aliphatic carbocycles. The minimum atomic E-state index is -4.63. The highest BCUT2D eigenvalue weighted by Crippen LogP contribution is 2.33. The van der Waals surface area contributed by atoms with Crippen molar-refractivity contribution in [1.29, 1.82) is 0 Å². The molecule has 0 aliphatic rings. The summed E-state index contributed by atoms with van der Waals surface area (Å²) in [5.41, 5.74) is -1.31. The van der Waals surface area contributed by atoms with E-state index in [0.717, 1.165) is 25.3 Å². The summed E-state index contributed by atoms with van der Waals surface area (Å²) in [6.45, 7) is 1.12. The van der Waals surface area contributed by atoms with Crippen LogP contribution >= 0.6 is 11.6 Å². The maximum absolute atomic E-state index is 12.7. The van der Waals surface area contributed by atoms with Crippen LogP contribution in [0.3, 0.4) is 0 Å². The maximum atomic E-state index is 12.7.